The van der Waals surface area contributed by atoms with Crippen LogP contribution in [0.4, 0.5) is 5.69 Å². The lowest BCUT2D eigenvalue weighted by Gasteiger charge is -2.15. The molecule has 0 aromatic heterocycles. The van der Waals surface area contributed by atoms with Crippen LogP contribution in [0.5, 0.6) is 11.5 Å². The molecule has 0 fully saturated rings. The van der Waals surface area contributed by atoms with Crippen molar-refractivity contribution in [3.63, 3.8) is 0 Å². The van der Waals surface area contributed by atoms with Crippen LogP contribution in [0.25, 0.3) is 0 Å². The maximum atomic E-state index is 12.3. The minimum atomic E-state index is -0.138. The van der Waals surface area contributed by atoms with Gasteiger partial charge in [-0.3, -0.25) is 9.59 Å². The van der Waals surface area contributed by atoms with Crippen LogP contribution in [0.2, 0.25) is 0 Å². The molecule has 1 heterocycles. The molecular formula is C19H20N2O4. The fraction of sp³-hybridized carbons (Fsp3) is 0.263. The molecule has 6 heteroatoms. The van der Waals surface area contributed by atoms with E-state index in [0.717, 1.165) is 16.9 Å². The molecule has 0 spiro atoms. The van der Waals surface area contributed by atoms with Crippen LogP contribution in [-0.2, 0) is 16.0 Å². The lowest BCUT2D eigenvalue weighted by atomic mass is 10.1. The monoisotopic (exact) mass is 340 g/mol. The van der Waals surface area contributed by atoms with Crippen LogP contribution < -0.4 is 20.1 Å². The average molecular weight is 340 g/mol. The van der Waals surface area contributed by atoms with Gasteiger partial charge in [-0.2, -0.15) is 0 Å². The van der Waals surface area contributed by atoms with E-state index in [1.807, 2.05) is 37.3 Å². The maximum Gasteiger partial charge on any atom is 0.231 e. The number of carbonyl (C=O) groups excluding carboxylic acids is 2. The Labute approximate surface area is 146 Å². The Hall–Kier alpha value is -3.02. The fourth-order valence-corrected chi connectivity index (χ4v) is 2.65. The number of hydrogen-bond acceptors (Lipinski definition) is 4. The summed E-state index contributed by atoms with van der Waals surface area (Å²) in [6.45, 7) is 3.61. The number of anilines is 1. The van der Waals surface area contributed by atoms with Crippen molar-refractivity contribution in [1.29, 1.82) is 0 Å². The SMILES string of the molecule is CC(=O)Nc1ccc(CC(=O)NC(C)c2ccc3c(c2)OCO3)cc1. The third-order valence-corrected chi connectivity index (χ3v) is 3.91. The summed E-state index contributed by atoms with van der Waals surface area (Å²) in [5, 5.41) is 5.68. The number of fused-ring (bicyclic) bond motifs is 1. The van der Waals surface area contributed by atoms with Gasteiger partial charge >= 0.3 is 0 Å². The number of benzene rings is 2. The van der Waals surface area contributed by atoms with Gasteiger partial charge in [0, 0.05) is 12.6 Å². The van der Waals surface area contributed by atoms with Crippen molar-refractivity contribution in [3.8, 4) is 11.5 Å². The third-order valence-electron chi connectivity index (χ3n) is 3.91. The smallest absolute Gasteiger partial charge is 0.231 e. The minimum absolute atomic E-state index is 0.0718. The number of amides is 2. The second-order valence-electron chi connectivity index (χ2n) is 5.96. The van der Waals surface area contributed by atoms with Crippen LogP contribution in [0, 0.1) is 0 Å². The van der Waals surface area contributed by atoms with Crippen molar-refractivity contribution in [2.75, 3.05) is 12.1 Å². The van der Waals surface area contributed by atoms with Crippen molar-refractivity contribution >= 4 is 17.5 Å². The molecule has 0 saturated carbocycles. The molecule has 3 rings (SSSR count). The van der Waals surface area contributed by atoms with Gasteiger partial charge in [-0.1, -0.05) is 18.2 Å². The molecule has 1 atom stereocenters. The summed E-state index contributed by atoms with van der Waals surface area (Å²) in [6.07, 6.45) is 0.273. The Morgan fingerprint density at radius 1 is 1.08 bits per heavy atom. The van der Waals surface area contributed by atoms with Crippen molar-refractivity contribution in [1.82, 2.24) is 5.32 Å². The molecule has 1 aliphatic rings. The predicted octanol–water partition coefficient (Wildman–Crippen LogP) is 2.79. The van der Waals surface area contributed by atoms with E-state index < -0.39 is 0 Å². The summed E-state index contributed by atoms with van der Waals surface area (Å²) in [5.41, 5.74) is 2.55. The second kappa shape index (κ2) is 7.25. The zero-order chi connectivity index (χ0) is 17.8. The molecule has 1 aliphatic heterocycles. The first-order valence-corrected chi connectivity index (χ1v) is 8.07. The van der Waals surface area contributed by atoms with Crippen LogP contribution in [0.3, 0.4) is 0 Å². The molecule has 1 unspecified atom stereocenters. The van der Waals surface area contributed by atoms with Crippen LogP contribution in [0.1, 0.15) is 31.0 Å². The normalized spacial score (nSPS) is 13.2. The van der Waals surface area contributed by atoms with Crippen LogP contribution in [-0.4, -0.2) is 18.6 Å². The maximum absolute atomic E-state index is 12.3. The number of carbonyl (C=O) groups is 2. The number of hydrogen-bond donors (Lipinski definition) is 2. The number of nitrogens with one attached hydrogen (secondary N) is 2. The molecule has 6 nitrogen and oxygen atoms in total. The summed E-state index contributed by atoms with van der Waals surface area (Å²) >= 11 is 0. The quantitative estimate of drug-likeness (QED) is 0.877. The van der Waals surface area contributed by atoms with Gasteiger partial charge in [0.05, 0.1) is 12.5 Å². The summed E-state index contributed by atoms with van der Waals surface area (Å²) in [5.74, 6) is 1.23. The third kappa shape index (κ3) is 4.29. The molecule has 0 saturated heterocycles. The number of rotatable bonds is 5. The zero-order valence-corrected chi connectivity index (χ0v) is 14.2. The first kappa shape index (κ1) is 16.8. The predicted molar refractivity (Wildman–Crippen MR) is 93.6 cm³/mol. The molecule has 0 radical (unpaired) electrons. The molecule has 2 amide bonds. The minimum Gasteiger partial charge on any atom is -0.454 e. The average Bonchev–Trinajstić information content (AvgIpc) is 3.03. The molecular weight excluding hydrogens is 320 g/mol. The lowest BCUT2D eigenvalue weighted by Crippen LogP contribution is -2.28. The molecule has 0 aliphatic carbocycles. The highest BCUT2D eigenvalue weighted by Crippen LogP contribution is 2.34. The van der Waals surface area contributed by atoms with E-state index in [1.54, 1.807) is 12.1 Å². The van der Waals surface area contributed by atoms with Gasteiger partial charge in [-0.15, -0.1) is 0 Å². The Bertz CT molecular complexity index is 787. The van der Waals surface area contributed by atoms with Gasteiger partial charge < -0.3 is 20.1 Å². The molecule has 25 heavy (non-hydrogen) atoms. The summed E-state index contributed by atoms with van der Waals surface area (Å²) in [7, 11) is 0. The Kier molecular flexibility index (Phi) is 4.88. The first-order valence-electron chi connectivity index (χ1n) is 8.07. The Morgan fingerprint density at radius 2 is 1.80 bits per heavy atom. The summed E-state index contributed by atoms with van der Waals surface area (Å²) in [4.78, 5) is 23.3. The van der Waals surface area contributed by atoms with Gasteiger partial charge in [-0.25, -0.2) is 0 Å². The van der Waals surface area contributed by atoms with E-state index in [2.05, 4.69) is 10.6 Å². The first-order chi connectivity index (χ1) is 12.0. The van der Waals surface area contributed by atoms with Crippen molar-refractivity contribution in [2.24, 2.45) is 0 Å². The lowest BCUT2D eigenvalue weighted by molar-refractivity contribution is -0.121. The second-order valence-corrected chi connectivity index (χ2v) is 5.96. The molecule has 2 aromatic rings. The Balaban J connectivity index is 1.57. The van der Waals surface area contributed by atoms with Gasteiger partial charge in [0.2, 0.25) is 18.6 Å². The van der Waals surface area contributed by atoms with Crippen molar-refractivity contribution in [3.05, 3.63) is 53.6 Å². The highest BCUT2D eigenvalue weighted by molar-refractivity contribution is 5.88. The van der Waals surface area contributed by atoms with E-state index in [0.29, 0.717) is 11.4 Å². The topological polar surface area (TPSA) is 76.7 Å². The van der Waals surface area contributed by atoms with Gasteiger partial charge in [0.15, 0.2) is 11.5 Å². The van der Waals surface area contributed by atoms with E-state index in [-0.39, 0.29) is 31.1 Å². The largest absolute Gasteiger partial charge is 0.454 e. The van der Waals surface area contributed by atoms with Crippen LogP contribution in [0.15, 0.2) is 42.5 Å². The highest BCUT2D eigenvalue weighted by atomic mass is 16.7. The van der Waals surface area contributed by atoms with Gasteiger partial charge in [0.1, 0.15) is 0 Å². The van der Waals surface area contributed by atoms with E-state index >= 15 is 0 Å². The van der Waals surface area contributed by atoms with Gasteiger partial charge in [0.25, 0.3) is 0 Å². The fourth-order valence-electron chi connectivity index (χ4n) is 2.65. The molecule has 2 aromatic carbocycles. The van der Waals surface area contributed by atoms with E-state index in [4.69, 9.17) is 9.47 Å². The van der Waals surface area contributed by atoms with E-state index in [1.165, 1.54) is 6.92 Å². The highest BCUT2D eigenvalue weighted by Gasteiger charge is 2.17. The van der Waals surface area contributed by atoms with Gasteiger partial charge in [-0.05, 0) is 42.3 Å². The summed E-state index contributed by atoms with van der Waals surface area (Å²) in [6, 6.07) is 12.7. The van der Waals surface area contributed by atoms with Crippen molar-refractivity contribution in [2.45, 2.75) is 26.3 Å². The number of ether oxygens (including phenoxy) is 2. The molecule has 130 valence electrons. The molecule has 2 N–H and O–H groups in total. The van der Waals surface area contributed by atoms with Crippen LogP contribution >= 0.6 is 0 Å². The zero-order valence-electron chi connectivity index (χ0n) is 14.2. The van der Waals surface area contributed by atoms with E-state index in [9.17, 15) is 9.59 Å². The molecule has 0 bridgehead atoms. The standard InChI is InChI=1S/C19H20N2O4/c1-12(15-5-8-17-18(10-15)25-11-24-17)20-19(23)9-14-3-6-16(7-4-14)21-13(2)22/h3-8,10,12H,9,11H2,1-2H3,(H,20,23)(H,21,22). The summed E-state index contributed by atoms with van der Waals surface area (Å²) < 4.78 is 10.7. The Morgan fingerprint density at radius 3 is 2.52 bits per heavy atom. The van der Waals surface area contributed by atoms with Crippen molar-refractivity contribution < 1.29 is 19.1 Å².